The van der Waals surface area contributed by atoms with E-state index in [1.54, 1.807) is 0 Å². The van der Waals surface area contributed by atoms with E-state index in [4.69, 9.17) is 0 Å². The lowest BCUT2D eigenvalue weighted by molar-refractivity contribution is 0.142. The van der Waals surface area contributed by atoms with E-state index in [0.29, 0.717) is 5.92 Å². The van der Waals surface area contributed by atoms with Gasteiger partial charge in [-0.2, -0.15) is 0 Å². The number of amides is 1. The zero-order valence-electron chi connectivity index (χ0n) is 9.47. The maximum atomic E-state index is 11.0. The first kappa shape index (κ1) is 12.3. The summed E-state index contributed by atoms with van der Waals surface area (Å²) in [7, 11) is 1.38. The summed E-state index contributed by atoms with van der Waals surface area (Å²) in [5, 5.41) is 2.84. The average molecular weight is 187 g/mol. The maximum absolute atomic E-state index is 11.0. The number of rotatable bonds is 2. The summed E-state index contributed by atoms with van der Waals surface area (Å²) in [5.74, 6) is 0.402. The molecule has 0 saturated heterocycles. The predicted molar refractivity (Wildman–Crippen MR) is 53.6 cm³/mol. The highest BCUT2D eigenvalue weighted by atomic mass is 16.5. The Bertz CT molecular complexity index is 170. The van der Waals surface area contributed by atoms with Crippen LogP contribution < -0.4 is 5.32 Å². The van der Waals surface area contributed by atoms with Crippen LogP contribution in [0.15, 0.2) is 0 Å². The summed E-state index contributed by atoms with van der Waals surface area (Å²) in [5.41, 5.74) is 0.0579. The lowest BCUT2D eigenvalue weighted by Crippen LogP contribution is -2.47. The minimum atomic E-state index is -0.353. The Kier molecular flexibility index (Phi) is 4.24. The smallest absolute Gasteiger partial charge is 0.407 e. The summed E-state index contributed by atoms with van der Waals surface area (Å²) in [6.07, 6.45) is -0.353. The molecule has 0 rings (SSSR count). The van der Waals surface area contributed by atoms with Gasteiger partial charge in [-0.25, -0.2) is 4.79 Å². The molecule has 1 N–H and O–H groups in total. The van der Waals surface area contributed by atoms with Gasteiger partial charge in [-0.1, -0.05) is 34.6 Å². The number of methoxy groups -OCH3 is 1. The number of hydrogen-bond donors (Lipinski definition) is 1. The molecule has 0 aliphatic carbocycles. The zero-order valence-corrected chi connectivity index (χ0v) is 9.47. The van der Waals surface area contributed by atoms with Gasteiger partial charge in [0.15, 0.2) is 0 Å². The molecule has 0 aromatic heterocycles. The maximum Gasteiger partial charge on any atom is 0.407 e. The average Bonchev–Trinajstić information content (AvgIpc) is 1.96. The van der Waals surface area contributed by atoms with Crippen molar-refractivity contribution in [3.8, 4) is 0 Å². The highest BCUT2D eigenvalue weighted by Crippen LogP contribution is 2.24. The van der Waals surface area contributed by atoms with Gasteiger partial charge < -0.3 is 10.1 Å². The van der Waals surface area contributed by atoms with Crippen molar-refractivity contribution < 1.29 is 9.53 Å². The van der Waals surface area contributed by atoms with Gasteiger partial charge in [0.05, 0.1) is 7.11 Å². The fraction of sp³-hybridized carbons (Fsp3) is 0.900. The third-order valence-corrected chi connectivity index (χ3v) is 2.06. The van der Waals surface area contributed by atoms with E-state index in [1.807, 2.05) is 0 Å². The van der Waals surface area contributed by atoms with Gasteiger partial charge in [-0.3, -0.25) is 0 Å². The Morgan fingerprint density at radius 3 is 2.00 bits per heavy atom. The molecule has 3 nitrogen and oxygen atoms in total. The molecule has 0 aromatic rings. The van der Waals surface area contributed by atoms with Gasteiger partial charge in [-0.15, -0.1) is 0 Å². The molecular formula is C10H21NO2. The zero-order chi connectivity index (χ0) is 10.6. The van der Waals surface area contributed by atoms with Crippen molar-refractivity contribution in [3.05, 3.63) is 0 Å². The molecule has 0 fully saturated rings. The van der Waals surface area contributed by atoms with E-state index in [1.165, 1.54) is 7.11 Å². The molecule has 0 spiro atoms. The van der Waals surface area contributed by atoms with Crippen LogP contribution in [-0.4, -0.2) is 19.2 Å². The molecule has 1 amide bonds. The van der Waals surface area contributed by atoms with Crippen LogP contribution in [0.5, 0.6) is 0 Å². The molecule has 13 heavy (non-hydrogen) atoms. The van der Waals surface area contributed by atoms with Gasteiger partial charge in [0.25, 0.3) is 0 Å². The van der Waals surface area contributed by atoms with Crippen molar-refractivity contribution in [1.82, 2.24) is 5.32 Å². The third kappa shape index (κ3) is 4.15. The van der Waals surface area contributed by atoms with E-state index < -0.39 is 0 Å². The normalized spacial score (nSPS) is 14.1. The molecule has 0 saturated carbocycles. The van der Waals surface area contributed by atoms with Crippen LogP contribution in [0.4, 0.5) is 4.79 Å². The fourth-order valence-electron chi connectivity index (χ4n) is 1.57. The highest BCUT2D eigenvalue weighted by Gasteiger charge is 2.28. The number of hydrogen-bond acceptors (Lipinski definition) is 2. The SMILES string of the molecule is COC(=O)N[C@@H](C(C)C)C(C)(C)C. The lowest BCUT2D eigenvalue weighted by Gasteiger charge is -2.34. The van der Waals surface area contributed by atoms with Crippen LogP contribution in [0.3, 0.4) is 0 Å². The van der Waals surface area contributed by atoms with Crippen molar-refractivity contribution in [2.24, 2.45) is 11.3 Å². The minimum Gasteiger partial charge on any atom is -0.453 e. The van der Waals surface area contributed by atoms with E-state index >= 15 is 0 Å². The molecule has 0 unspecified atom stereocenters. The monoisotopic (exact) mass is 187 g/mol. The fourth-order valence-corrected chi connectivity index (χ4v) is 1.57. The van der Waals surface area contributed by atoms with Gasteiger partial charge in [-0.05, 0) is 11.3 Å². The lowest BCUT2D eigenvalue weighted by atomic mass is 9.80. The summed E-state index contributed by atoms with van der Waals surface area (Å²) >= 11 is 0. The first-order valence-corrected chi connectivity index (χ1v) is 4.63. The van der Waals surface area contributed by atoms with E-state index in [-0.39, 0.29) is 17.6 Å². The molecular weight excluding hydrogens is 166 g/mol. The number of alkyl carbamates (subject to hydrolysis) is 1. The summed E-state index contributed by atoms with van der Waals surface area (Å²) in [4.78, 5) is 11.0. The Morgan fingerprint density at radius 1 is 1.31 bits per heavy atom. The highest BCUT2D eigenvalue weighted by molar-refractivity contribution is 5.67. The predicted octanol–water partition coefficient (Wildman–Crippen LogP) is 2.41. The summed E-state index contributed by atoms with van der Waals surface area (Å²) < 4.78 is 4.58. The molecule has 0 aromatic carbocycles. The Labute approximate surface area is 80.8 Å². The standard InChI is InChI=1S/C10H21NO2/c1-7(2)8(10(3,4)5)11-9(12)13-6/h7-8H,1-6H3,(H,11,12)/t8-/m0/s1. The number of nitrogens with one attached hydrogen (secondary N) is 1. The molecule has 0 radical (unpaired) electrons. The van der Waals surface area contributed by atoms with Crippen LogP contribution in [0.25, 0.3) is 0 Å². The largest absolute Gasteiger partial charge is 0.453 e. The van der Waals surface area contributed by atoms with Crippen molar-refractivity contribution in [2.45, 2.75) is 40.7 Å². The Hall–Kier alpha value is -0.730. The van der Waals surface area contributed by atoms with Gasteiger partial charge in [0.1, 0.15) is 0 Å². The second kappa shape index (κ2) is 4.49. The molecule has 0 aliphatic rings. The van der Waals surface area contributed by atoms with Crippen molar-refractivity contribution in [2.75, 3.05) is 7.11 Å². The first-order chi connectivity index (χ1) is 5.79. The number of carbonyl (C=O) groups is 1. The molecule has 0 aliphatic heterocycles. The second-order valence-electron chi connectivity index (χ2n) is 4.72. The van der Waals surface area contributed by atoms with Gasteiger partial charge in [0.2, 0.25) is 0 Å². The third-order valence-electron chi connectivity index (χ3n) is 2.06. The number of ether oxygens (including phenoxy) is 1. The van der Waals surface area contributed by atoms with Crippen molar-refractivity contribution in [3.63, 3.8) is 0 Å². The van der Waals surface area contributed by atoms with Crippen LogP contribution in [0, 0.1) is 11.3 Å². The number of carbonyl (C=O) groups excluding carboxylic acids is 1. The van der Waals surface area contributed by atoms with Crippen molar-refractivity contribution >= 4 is 6.09 Å². The quantitative estimate of drug-likeness (QED) is 0.721. The van der Waals surface area contributed by atoms with Crippen molar-refractivity contribution in [1.29, 1.82) is 0 Å². The van der Waals surface area contributed by atoms with Gasteiger partial charge in [0, 0.05) is 6.04 Å². The molecule has 3 heteroatoms. The minimum absolute atomic E-state index is 0.0579. The first-order valence-electron chi connectivity index (χ1n) is 4.63. The van der Waals surface area contributed by atoms with E-state index in [9.17, 15) is 4.79 Å². The summed E-state index contributed by atoms with van der Waals surface area (Å²) in [6.45, 7) is 10.5. The Balaban J connectivity index is 4.36. The van der Waals surface area contributed by atoms with E-state index in [2.05, 4.69) is 44.7 Å². The van der Waals surface area contributed by atoms with Gasteiger partial charge >= 0.3 is 6.09 Å². The molecule has 1 atom stereocenters. The van der Waals surface area contributed by atoms with Crippen LogP contribution in [-0.2, 0) is 4.74 Å². The second-order valence-corrected chi connectivity index (χ2v) is 4.72. The molecule has 0 bridgehead atoms. The molecule has 78 valence electrons. The summed E-state index contributed by atoms with van der Waals surface area (Å²) in [6, 6.07) is 0.139. The van der Waals surface area contributed by atoms with E-state index in [0.717, 1.165) is 0 Å². The molecule has 0 heterocycles. The topological polar surface area (TPSA) is 38.3 Å². The van der Waals surface area contributed by atoms with Crippen LogP contribution >= 0.6 is 0 Å². The van der Waals surface area contributed by atoms with Crippen LogP contribution in [0.2, 0.25) is 0 Å². The van der Waals surface area contributed by atoms with Crippen LogP contribution in [0.1, 0.15) is 34.6 Å². The Morgan fingerprint density at radius 2 is 1.77 bits per heavy atom.